The molecule has 1 aromatic rings. The van der Waals surface area contributed by atoms with E-state index in [4.69, 9.17) is 11.6 Å². The van der Waals surface area contributed by atoms with Crippen LogP contribution in [0.5, 0.6) is 0 Å². The van der Waals surface area contributed by atoms with E-state index in [0.717, 1.165) is 13.0 Å². The number of rotatable bonds is 5. The highest BCUT2D eigenvalue weighted by Gasteiger charge is 2.17. The molecule has 2 heterocycles. The van der Waals surface area contributed by atoms with Crippen molar-refractivity contribution in [3.8, 4) is 0 Å². The molecule has 1 saturated heterocycles. The summed E-state index contributed by atoms with van der Waals surface area (Å²) in [5.41, 5.74) is 0. The Balaban J connectivity index is 1.85. The third kappa shape index (κ3) is 4.97. The number of nitrogens with one attached hydrogen (secondary N) is 2. The van der Waals surface area contributed by atoms with Crippen LogP contribution >= 0.6 is 11.6 Å². The van der Waals surface area contributed by atoms with E-state index in [-0.39, 0.29) is 5.75 Å². The lowest BCUT2D eigenvalue weighted by Gasteiger charge is -2.23. The number of aromatic nitrogens is 1. The van der Waals surface area contributed by atoms with E-state index >= 15 is 0 Å². The summed E-state index contributed by atoms with van der Waals surface area (Å²) in [4.78, 5) is 3.92. The van der Waals surface area contributed by atoms with Gasteiger partial charge in [0.1, 0.15) is 5.82 Å². The summed E-state index contributed by atoms with van der Waals surface area (Å²) < 4.78 is 26.3. The predicted octanol–water partition coefficient (Wildman–Crippen LogP) is 2.01. The van der Waals surface area contributed by atoms with Gasteiger partial charge in [-0.3, -0.25) is 4.72 Å². The first-order valence-electron chi connectivity index (χ1n) is 6.41. The third-order valence-electron chi connectivity index (χ3n) is 3.13. The molecule has 7 heteroatoms. The summed E-state index contributed by atoms with van der Waals surface area (Å²) in [6.07, 6.45) is 5.44. The zero-order chi connectivity index (χ0) is 13.7. The smallest absolute Gasteiger partial charge is 0.233 e. The average molecular weight is 304 g/mol. The fourth-order valence-corrected chi connectivity index (χ4v) is 3.36. The molecule has 19 heavy (non-hydrogen) atoms. The minimum atomic E-state index is -3.34. The molecule has 0 saturated carbocycles. The molecular weight excluding hydrogens is 286 g/mol. The highest BCUT2D eigenvalue weighted by Crippen LogP contribution is 2.14. The SMILES string of the molecule is O=S(=O)(CCC1CCCCN1)Nc1ccc(Cl)cn1. The number of nitrogens with zero attached hydrogens (tertiary/aromatic N) is 1. The van der Waals surface area contributed by atoms with E-state index in [1.807, 2.05) is 0 Å². The van der Waals surface area contributed by atoms with Crippen LogP contribution in [0, 0.1) is 0 Å². The molecule has 1 aromatic heterocycles. The highest BCUT2D eigenvalue weighted by molar-refractivity contribution is 7.92. The third-order valence-corrected chi connectivity index (χ3v) is 4.65. The predicted molar refractivity (Wildman–Crippen MR) is 76.9 cm³/mol. The van der Waals surface area contributed by atoms with Gasteiger partial charge >= 0.3 is 0 Å². The molecule has 0 radical (unpaired) electrons. The molecule has 2 N–H and O–H groups in total. The largest absolute Gasteiger partial charge is 0.314 e. The van der Waals surface area contributed by atoms with Crippen molar-refractivity contribution in [1.29, 1.82) is 0 Å². The van der Waals surface area contributed by atoms with Crippen LogP contribution in [-0.4, -0.2) is 31.7 Å². The Kier molecular flexibility index (Phi) is 5.01. The van der Waals surface area contributed by atoms with Crippen molar-refractivity contribution in [3.63, 3.8) is 0 Å². The first-order valence-corrected chi connectivity index (χ1v) is 8.44. The van der Waals surface area contributed by atoms with Gasteiger partial charge in [0.15, 0.2) is 0 Å². The van der Waals surface area contributed by atoms with Gasteiger partial charge in [-0.05, 0) is 37.9 Å². The van der Waals surface area contributed by atoms with Crippen LogP contribution in [-0.2, 0) is 10.0 Å². The molecule has 1 fully saturated rings. The van der Waals surface area contributed by atoms with E-state index < -0.39 is 10.0 Å². The van der Waals surface area contributed by atoms with Crippen molar-refractivity contribution in [3.05, 3.63) is 23.4 Å². The molecule has 0 aromatic carbocycles. The van der Waals surface area contributed by atoms with Crippen LogP contribution in [0.25, 0.3) is 0 Å². The average Bonchev–Trinajstić information content (AvgIpc) is 2.40. The molecule has 0 aliphatic carbocycles. The van der Waals surface area contributed by atoms with Gasteiger partial charge in [0.25, 0.3) is 0 Å². The summed E-state index contributed by atoms with van der Waals surface area (Å²) in [5.74, 6) is 0.413. The van der Waals surface area contributed by atoms with Gasteiger partial charge in [-0.25, -0.2) is 13.4 Å². The Bertz CT molecular complexity index is 498. The summed E-state index contributed by atoms with van der Waals surface area (Å²) in [7, 11) is -3.34. The molecule has 2 rings (SSSR count). The minimum Gasteiger partial charge on any atom is -0.314 e. The maximum atomic E-state index is 11.9. The van der Waals surface area contributed by atoms with Gasteiger partial charge in [-0.15, -0.1) is 0 Å². The number of hydrogen-bond donors (Lipinski definition) is 2. The monoisotopic (exact) mass is 303 g/mol. The Labute approximate surface area is 118 Å². The van der Waals surface area contributed by atoms with E-state index in [2.05, 4.69) is 15.0 Å². The Morgan fingerprint density at radius 2 is 2.26 bits per heavy atom. The summed E-state index contributed by atoms with van der Waals surface area (Å²) in [5, 5.41) is 3.82. The maximum Gasteiger partial charge on any atom is 0.233 e. The number of sulfonamides is 1. The molecule has 1 aliphatic rings. The zero-order valence-corrected chi connectivity index (χ0v) is 12.2. The second kappa shape index (κ2) is 6.54. The van der Waals surface area contributed by atoms with Crippen molar-refractivity contribution in [2.75, 3.05) is 17.0 Å². The van der Waals surface area contributed by atoms with Crippen LogP contribution in [0.3, 0.4) is 0 Å². The first kappa shape index (κ1) is 14.6. The van der Waals surface area contributed by atoms with Crippen molar-refractivity contribution >= 4 is 27.4 Å². The molecule has 5 nitrogen and oxygen atoms in total. The number of pyridine rings is 1. The lowest BCUT2D eigenvalue weighted by Crippen LogP contribution is -2.36. The molecule has 0 spiro atoms. The van der Waals surface area contributed by atoms with Crippen molar-refractivity contribution in [1.82, 2.24) is 10.3 Å². The van der Waals surface area contributed by atoms with Gasteiger partial charge < -0.3 is 5.32 Å². The van der Waals surface area contributed by atoms with Crippen LogP contribution in [0.1, 0.15) is 25.7 Å². The first-order chi connectivity index (χ1) is 9.05. The van der Waals surface area contributed by atoms with E-state index in [9.17, 15) is 8.42 Å². The van der Waals surface area contributed by atoms with Crippen LogP contribution in [0.15, 0.2) is 18.3 Å². The number of piperidine rings is 1. The Hall–Kier alpha value is -0.850. The standard InChI is InChI=1S/C12H18ClN3O2S/c13-10-4-5-12(15-9-10)16-19(17,18)8-6-11-3-1-2-7-14-11/h4-5,9,11,14H,1-3,6-8H2,(H,15,16). The lowest BCUT2D eigenvalue weighted by atomic mass is 10.0. The number of hydrogen-bond acceptors (Lipinski definition) is 4. The molecule has 1 unspecified atom stereocenters. The Morgan fingerprint density at radius 1 is 1.42 bits per heavy atom. The molecular formula is C12H18ClN3O2S. The van der Waals surface area contributed by atoms with Gasteiger partial charge in [-0.2, -0.15) is 0 Å². The molecule has 1 aliphatic heterocycles. The summed E-state index contributed by atoms with van der Waals surface area (Å²) in [6.45, 7) is 0.983. The zero-order valence-electron chi connectivity index (χ0n) is 10.6. The molecule has 0 amide bonds. The maximum absolute atomic E-state index is 11.9. The van der Waals surface area contributed by atoms with Gasteiger partial charge in [0.2, 0.25) is 10.0 Å². The van der Waals surface area contributed by atoms with Crippen molar-refractivity contribution < 1.29 is 8.42 Å². The van der Waals surface area contributed by atoms with Crippen molar-refractivity contribution in [2.45, 2.75) is 31.7 Å². The normalized spacial score (nSPS) is 20.2. The lowest BCUT2D eigenvalue weighted by molar-refractivity contribution is 0.393. The summed E-state index contributed by atoms with van der Waals surface area (Å²) >= 11 is 5.70. The van der Waals surface area contributed by atoms with Crippen molar-refractivity contribution in [2.24, 2.45) is 0 Å². The minimum absolute atomic E-state index is 0.106. The highest BCUT2D eigenvalue weighted by atomic mass is 35.5. The Morgan fingerprint density at radius 3 is 2.89 bits per heavy atom. The topological polar surface area (TPSA) is 71.1 Å². The summed E-state index contributed by atoms with van der Waals surface area (Å²) in [6, 6.07) is 3.47. The van der Waals surface area contributed by atoms with E-state index in [1.54, 1.807) is 12.1 Å². The van der Waals surface area contributed by atoms with Gasteiger partial charge in [0.05, 0.1) is 10.8 Å². The van der Waals surface area contributed by atoms with Gasteiger partial charge in [-0.1, -0.05) is 18.0 Å². The number of halogens is 1. The fraction of sp³-hybridized carbons (Fsp3) is 0.583. The quantitative estimate of drug-likeness (QED) is 0.873. The van der Waals surface area contributed by atoms with E-state index in [0.29, 0.717) is 23.3 Å². The van der Waals surface area contributed by atoms with E-state index in [1.165, 1.54) is 19.0 Å². The van der Waals surface area contributed by atoms with Crippen LogP contribution in [0.4, 0.5) is 5.82 Å². The van der Waals surface area contributed by atoms with Crippen LogP contribution in [0.2, 0.25) is 5.02 Å². The fourth-order valence-electron chi connectivity index (χ4n) is 2.11. The van der Waals surface area contributed by atoms with Gasteiger partial charge in [0, 0.05) is 12.2 Å². The number of anilines is 1. The second-order valence-electron chi connectivity index (χ2n) is 4.72. The molecule has 0 bridgehead atoms. The molecule has 1 atom stereocenters. The second-order valence-corrected chi connectivity index (χ2v) is 7.00. The van der Waals surface area contributed by atoms with Crippen LogP contribution < -0.4 is 10.0 Å². The molecule has 106 valence electrons.